The van der Waals surface area contributed by atoms with Gasteiger partial charge in [0.05, 0.1) is 11.5 Å². The number of carboxylic acid groups (broad SMARTS) is 1. The predicted molar refractivity (Wildman–Crippen MR) is 77.2 cm³/mol. The Morgan fingerprint density at radius 3 is 2.70 bits per heavy atom. The summed E-state index contributed by atoms with van der Waals surface area (Å²) in [5.74, 6) is 0.152. The molecule has 0 aromatic heterocycles. The summed E-state index contributed by atoms with van der Waals surface area (Å²) >= 11 is 0. The molecule has 0 aromatic carbocycles. The largest absolute Gasteiger partial charge is 0.481 e. The van der Waals surface area contributed by atoms with Gasteiger partial charge in [0.1, 0.15) is 0 Å². The second kappa shape index (κ2) is 4.59. The van der Waals surface area contributed by atoms with Gasteiger partial charge in [0.2, 0.25) is 0 Å². The third kappa shape index (κ3) is 1.86. The molecule has 3 rings (SSSR count). The zero-order valence-electron chi connectivity index (χ0n) is 12.6. The molecule has 0 heterocycles. The molecule has 5 atom stereocenters. The minimum atomic E-state index is -0.614. The Balaban J connectivity index is 1.99. The first-order chi connectivity index (χ1) is 9.38. The lowest BCUT2D eigenvalue weighted by atomic mass is 9.46. The number of hydrogen-bond donors (Lipinski definition) is 2. The van der Waals surface area contributed by atoms with Crippen molar-refractivity contribution in [1.82, 2.24) is 0 Å². The van der Waals surface area contributed by atoms with Crippen molar-refractivity contribution in [2.45, 2.75) is 64.9 Å². The minimum absolute atomic E-state index is 0.107. The Bertz CT molecular complexity index is 455. The molecular weight excluding hydrogens is 252 g/mol. The van der Waals surface area contributed by atoms with Crippen LogP contribution in [0.2, 0.25) is 0 Å². The zero-order chi connectivity index (χ0) is 14.5. The van der Waals surface area contributed by atoms with Gasteiger partial charge < -0.3 is 10.2 Å². The van der Waals surface area contributed by atoms with E-state index in [9.17, 15) is 15.0 Å². The molecule has 0 aliphatic heterocycles. The number of allylic oxidation sites excluding steroid dienone is 1. The number of fused-ring (bicyclic) bond motifs is 3. The third-order valence-corrected chi connectivity index (χ3v) is 6.59. The molecule has 0 radical (unpaired) electrons. The number of aliphatic hydroxyl groups excluding tert-OH is 1. The van der Waals surface area contributed by atoms with Crippen LogP contribution in [0.5, 0.6) is 0 Å². The maximum absolute atomic E-state index is 11.8. The molecule has 3 aliphatic carbocycles. The highest BCUT2D eigenvalue weighted by Crippen LogP contribution is 2.62. The standard InChI is InChI=1S/C17H26O3/c1-16-8-3-9-17(2,15(19)20)14(16)7-4-11-10-12(18)5-6-13(11)16/h10,12-14,18H,3-9H2,1-2H3,(H,19,20). The van der Waals surface area contributed by atoms with E-state index in [2.05, 4.69) is 13.0 Å². The average molecular weight is 278 g/mol. The number of hydrogen-bond acceptors (Lipinski definition) is 2. The Kier molecular flexibility index (Phi) is 3.24. The van der Waals surface area contributed by atoms with E-state index < -0.39 is 11.4 Å². The van der Waals surface area contributed by atoms with Crippen LogP contribution in [0.3, 0.4) is 0 Å². The third-order valence-electron chi connectivity index (χ3n) is 6.59. The summed E-state index contributed by atoms with van der Waals surface area (Å²) in [5, 5.41) is 19.6. The highest BCUT2D eigenvalue weighted by Gasteiger charge is 2.57. The Morgan fingerprint density at radius 2 is 2.00 bits per heavy atom. The fraction of sp³-hybridized carbons (Fsp3) is 0.824. The maximum Gasteiger partial charge on any atom is 0.309 e. The lowest BCUT2D eigenvalue weighted by Crippen LogP contribution is -2.54. The fourth-order valence-electron chi connectivity index (χ4n) is 5.53. The molecule has 2 fully saturated rings. The molecule has 3 heteroatoms. The molecule has 2 N–H and O–H groups in total. The van der Waals surface area contributed by atoms with Crippen molar-refractivity contribution < 1.29 is 15.0 Å². The van der Waals surface area contributed by atoms with E-state index in [0.29, 0.717) is 5.92 Å². The van der Waals surface area contributed by atoms with Crippen LogP contribution in [0.4, 0.5) is 0 Å². The van der Waals surface area contributed by atoms with Gasteiger partial charge >= 0.3 is 5.97 Å². The monoisotopic (exact) mass is 278 g/mol. The summed E-state index contributed by atoms with van der Waals surface area (Å²) in [7, 11) is 0. The molecule has 3 nitrogen and oxygen atoms in total. The second-order valence-electron chi connectivity index (χ2n) is 7.61. The van der Waals surface area contributed by atoms with Crippen molar-refractivity contribution >= 4 is 5.97 Å². The van der Waals surface area contributed by atoms with Gasteiger partial charge in [-0.1, -0.05) is 25.0 Å². The second-order valence-corrected chi connectivity index (χ2v) is 7.61. The first-order valence-corrected chi connectivity index (χ1v) is 8.00. The molecular formula is C17H26O3. The molecule has 3 aliphatic rings. The SMILES string of the molecule is CC1(C(=O)O)CCCC2(C)C3CCC(O)C=C3CCC12. The van der Waals surface area contributed by atoms with Crippen LogP contribution < -0.4 is 0 Å². The van der Waals surface area contributed by atoms with Crippen molar-refractivity contribution in [2.75, 3.05) is 0 Å². The summed E-state index contributed by atoms with van der Waals surface area (Å²) in [4.78, 5) is 11.8. The molecule has 0 saturated heterocycles. The maximum atomic E-state index is 11.8. The Hall–Kier alpha value is -0.830. The molecule has 0 spiro atoms. The van der Waals surface area contributed by atoms with Crippen LogP contribution in [0, 0.1) is 22.7 Å². The molecule has 0 bridgehead atoms. The number of carbonyl (C=O) groups is 1. The molecule has 0 amide bonds. The van der Waals surface area contributed by atoms with E-state index in [1.54, 1.807) is 0 Å². The number of carboxylic acids is 1. The number of aliphatic hydroxyl groups is 1. The van der Waals surface area contributed by atoms with Gasteiger partial charge in [-0.05, 0) is 62.7 Å². The molecule has 112 valence electrons. The lowest BCUT2D eigenvalue weighted by molar-refractivity contribution is -0.164. The molecule has 20 heavy (non-hydrogen) atoms. The summed E-state index contributed by atoms with van der Waals surface area (Å²) in [5.41, 5.74) is 0.946. The van der Waals surface area contributed by atoms with E-state index >= 15 is 0 Å². The number of aliphatic carboxylic acids is 1. The summed E-state index contributed by atoms with van der Waals surface area (Å²) in [6, 6.07) is 0. The predicted octanol–water partition coefficient (Wildman–Crippen LogP) is 3.37. The Morgan fingerprint density at radius 1 is 1.25 bits per heavy atom. The van der Waals surface area contributed by atoms with Gasteiger partial charge in [-0.3, -0.25) is 4.79 Å². The van der Waals surface area contributed by atoms with Gasteiger partial charge in [0.25, 0.3) is 0 Å². The lowest BCUT2D eigenvalue weighted by Gasteiger charge is -2.58. The van der Waals surface area contributed by atoms with E-state index in [4.69, 9.17) is 0 Å². The van der Waals surface area contributed by atoms with E-state index in [-0.39, 0.29) is 17.4 Å². The highest BCUT2D eigenvalue weighted by molar-refractivity contribution is 5.75. The van der Waals surface area contributed by atoms with E-state index in [0.717, 1.165) is 44.9 Å². The van der Waals surface area contributed by atoms with Gasteiger partial charge in [0.15, 0.2) is 0 Å². The van der Waals surface area contributed by atoms with Gasteiger partial charge in [0, 0.05) is 0 Å². The first kappa shape index (κ1) is 14.1. The fourth-order valence-corrected chi connectivity index (χ4v) is 5.53. The summed E-state index contributed by atoms with van der Waals surface area (Å²) < 4.78 is 0. The Labute approximate surface area is 121 Å². The van der Waals surface area contributed by atoms with Crippen LogP contribution in [-0.4, -0.2) is 22.3 Å². The quantitative estimate of drug-likeness (QED) is 0.723. The topological polar surface area (TPSA) is 57.5 Å². The normalized spacial score (nSPS) is 48.0. The summed E-state index contributed by atoms with van der Waals surface area (Å²) in [6.45, 7) is 4.27. The van der Waals surface area contributed by atoms with Crippen molar-refractivity contribution in [3.05, 3.63) is 11.6 Å². The molecule has 2 saturated carbocycles. The van der Waals surface area contributed by atoms with Crippen molar-refractivity contribution in [3.63, 3.8) is 0 Å². The van der Waals surface area contributed by atoms with E-state index in [1.807, 2.05) is 6.92 Å². The summed E-state index contributed by atoms with van der Waals surface area (Å²) in [6.07, 6.45) is 8.55. The zero-order valence-corrected chi connectivity index (χ0v) is 12.6. The smallest absolute Gasteiger partial charge is 0.309 e. The molecule has 5 unspecified atom stereocenters. The van der Waals surface area contributed by atoms with Crippen molar-refractivity contribution in [1.29, 1.82) is 0 Å². The van der Waals surface area contributed by atoms with Crippen LogP contribution in [0.15, 0.2) is 11.6 Å². The van der Waals surface area contributed by atoms with Crippen LogP contribution in [-0.2, 0) is 4.79 Å². The van der Waals surface area contributed by atoms with Crippen LogP contribution in [0.25, 0.3) is 0 Å². The molecule has 0 aromatic rings. The van der Waals surface area contributed by atoms with Gasteiger partial charge in [-0.15, -0.1) is 0 Å². The van der Waals surface area contributed by atoms with Crippen molar-refractivity contribution in [2.24, 2.45) is 22.7 Å². The first-order valence-electron chi connectivity index (χ1n) is 8.00. The van der Waals surface area contributed by atoms with Crippen molar-refractivity contribution in [3.8, 4) is 0 Å². The minimum Gasteiger partial charge on any atom is -0.481 e. The number of rotatable bonds is 1. The average Bonchev–Trinajstić information content (AvgIpc) is 2.37. The van der Waals surface area contributed by atoms with Crippen LogP contribution >= 0.6 is 0 Å². The van der Waals surface area contributed by atoms with Gasteiger partial charge in [-0.2, -0.15) is 0 Å². The highest BCUT2D eigenvalue weighted by atomic mass is 16.4. The van der Waals surface area contributed by atoms with E-state index in [1.165, 1.54) is 5.57 Å². The van der Waals surface area contributed by atoms with Crippen LogP contribution in [0.1, 0.15) is 58.8 Å². The van der Waals surface area contributed by atoms with Gasteiger partial charge in [-0.25, -0.2) is 0 Å².